The molecular formula is C13H23NS2. The summed E-state index contributed by atoms with van der Waals surface area (Å²) >= 11 is 3.88. The maximum absolute atomic E-state index is 3.73. The molecule has 0 amide bonds. The number of rotatable bonds is 8. The van der Waals surface area contributed by atoms with Crippen molar-refractivity contribution in [1.29, 1.82) is 0 Å². The highest BCUT2D eigenvalue weighted by atomic mass is 32.2. The second-order valence-electron chi connectivity index (χ2n) is 4.12. The predicted octanol–water partition coefficient (Wildman–Crippen LogP) is 3.80. The Labute approximate surface area is 108 Å². The molecule has 1 aromatic rings. The van der Waals surface area contributed by atoms with E-state index in [9.17, 15) is 0 Å². The van der Waals surface area contributed by atoms with Crippen molar-refractivity contribution < 1.29 is 0 Å². The highest BCUT2D eigenvalue weighted by Crippen LogP contribution is 2.13. The second kappa shape index (κ2) is 8.15. The molecule has 3 heteroatoms. The van der Waals surface area contributed by atoms with Crippen LogP contribution in [0, 0.1) is 0 Å². The zero-order chi connectivity index (χ0) is 11.8. The molecule has 0 aromatic carbocycles. The Morgan fingerprint density at radius 2 is 2.25 bits per heavy atom. The lowest BCUT2D eigenvalue weighted by atomic mass is 10.1. The van der Waals surface area contributed by atoms with E-state index in [1.54, 1.807) is 0 Å². The SMILES string of the molecule is CCSCC(C)NC(CC)Cc1cccs1. The summed E-state index contributed by atoms with van der Waals surface area (Å²) in [6, 6.07) is 5.63. The summed E-state index contributed by atoms with van der Waals surface area (Å²) < 4.78 is 0. The molecule has 0 aliphatic heterocycles. The Kier molecular flexibility index (Phi) is 7.17. The minimum absolute atomic E-state index is 0.620. The highest BCUT2D eigenvalue weighted by Gasteiger charge is 2.11. The van der Waals surface area contributed by atoms with Crippen LogP contribution in [0.1, 0.15) is 32.1 Å². The van der Waals surface area contributed by atoms with Crippen molar-refractivity contribution in [3.8, 4) is 0 Å². The first-order valence-electron chi connectivity index (χ1n) is 6.12. The molecule has 16 heavy (non-hydrogen) atoms. The van der Waals surface area contributed by atoms with Gasteiger partial charge in [0.15, 0.2) is 0 Å². The molecule has 1 aromatic heterocycles. The molecular weight excluding hydrogens is 234 g/mol. The lowest BCUT2D eigenvalue weighted by Crippen LogP contribution is -2.38. The van der Waals surface area contributed by atoms with Gasteiger partial charge in [-0.05, 0) is 37.0 Å². The van der Waals surface area contributed by atoms with Gasteiger partial charge < -0.3 is 5.32 Å². The van der Waals surface area contributed by atoms with Gasteiger partial charge in [-0.3, -0.25) is 0 Å². The minimum Gasteiger partial charge on any atom is -0.310 e. The lowest BCUT2D eigenvalue weighted by molar-refractivity contribution is 0.454. The summed E-state index contributed by atoms with van der Waals surface area (Å²) in [6.45, 7) is 6.78. The average molecular weight is 257 g/mol. The van der Waals surface area contributed by atoms with Crippen molar-refractivity contribution in [3.05, 3.63) is 22.4 Å². The molecule has 0 saturated carbocycles. The van der Waals surface area contributed by atoms with Crippen molar-refractivity contribution in [2.45, 2.75) is 45.7 Å². The summed E-state index contributed by atoms with van der Waals surface area (Å²) in [4.78, 5) is 1.50. The average Bonchev–Trinajstić information content (AvgIpc) is 2.78. The standard InChI is InChI=1S/C13H23NS2/c1-4-12(9-13-7-6-8-16-13)14-11(3)10-15-5-2/h6-8,11-12,14H,4-5,9-10H2,1-3H3. The number of thioether (sulfide) groups is 1. The third-order valence-electron chi connectivity index (χ3n) is 2.61. The Balaban J connectivity index is 2.31. The Morgan fingerprint density at radius 3 is 2.81 bits per heavy atom. The van der Waals surface area contributed by atoms with Crippen LogP contribution in [0.3, 0.4) is 0 Å². The first-order valence-corrected chi connectivity index (χ1v) is 8.15. The van der Waals surface area contributed by atoms with E-state index in [2.05, 4.69) is 43.6 Å². The van der Waals surface area contributed by atoms with E-state index in [-0.39, 0.29) is 0 Å². The van der Waals surface area contributed by atoms with Crippen LogP contribution in [0.25, 0.3) is 0 Å². The molecule has 2 atom stereocenters. The number of nitrogens with one attached hydrogen (secondary N) is 1. The molecule has 0 aliphatic rings. The summed E-state index contributed by atoms with van der Waals surface area (Å²) in [7, 11) is 0. The summed E-state index contributed by atoms with van der Waals surface area (Å²) in [5.74, 6) is 2.44. The zero-order valence-electron chi connectivity index (χ0n) is 10.5. The first kappa shape index (κ1) is 14.1. The molecule has 1 nitrogen and oxygen atoms in total. The fraction of sp³-hybridized carbons (Fsp3) is 0.692. The molecule has 1 rings (SSSR count). The van der Waals surface area contributed by atoms with Crippen LogP contribution < -0.4 is 5.32 Å². The topological polar surface area (TPSA) is 12.0 Å². The van der Waals surface area contributed by atoms with Gasteiger partial charge in [0.05, 0.1) is 0 Å². The van der Waals surface area contributed by atoms with Crippen LogP contribution >= 0.6 is 23.1 Å². The summed E-state index contributed by atoms with van der Waals surface area (Å²) in [5, 5.41) is 5.89. The fourth-order valence-electron chi connectivity index (χ4n) is 1.74. The smallest absolute Gasteiger partial charge is 0.0132 e. The monoisotopic (exact) mass is 257 g/mol. The molecule has 0 spiro atoms. The summed E-state index contributed by atoms with van der Waals surface area (Å²) in [5.41, 5.74) is 0. The van der Waals surface area contributed by atoms with Gasteiger partial charge in [0.1, 0.15) is 0 Å². The Bertz CT molecular complexity index is 259. The normalized spacial score (nSPS) is 14.9. The molecule has 0 saturated heterocycles. The van der Waals surface area contributed by atoms with Gasteiger partial charge in [0.25, 0.3) is 0 Å². The molecule has 0 bridgehead atoms. The molecule has 0 radical (unpaired) electrons. The van der Waals surface area contributed by atoms with Crippen LogP contribution in [0.4, 0.5) is 0 Å². The van der Waals surface area contributed by atoms with Crippen molar-refractivity contribution in [2.75, 3.05) is 11.5 Å². The van der Waals surface area contributed by atoms with E-state index in [1.807, 2.05) is 23.1 Å². The first-order chi connectivity index (χ1) is 7.76. The number of thiophene rings is 1. The Morgan fingerprint density at radius 1 is 1.44 bits per heavy atom. The number of hydrogen-bond donors (Lipinski definition) is 1. The van der Waals surface area contributed by atoms with Crippen LogP contribution in [-0.2, 0) is 6.42 Å². The molecule has 1 heterocycles. The van der Waals surface area contributed by atoms with Crippen molar-refractivity contribution in [1.82, 2.24) is 5.32 Å². The van der Waals surface area contributed by atoms with Crippen molar-refractivity contribution in [2.24, 2.45) is 0 Å². The van der Waals surface area contributed by atoms with Crippen molar-refractivity contribution in [3.63, 3.8) is 0 Å². The fourth-order valence-corrected chi connectivity index (χ4v) is 3.21. The maximum Gasteiger partial charge on any atom is 0.0132 e. The van der Waals surface area contributed by atoms with Crippen LogP contribution in [0.15, 0.2) is 17.5 Å². The van der Waals surface area contributed by atoms with Gasteiger partial charge in [-0.25, -0.2) is 0 Å². The van der Waals surface area contributed by atoms with E-state index in [4.69, 9.17) is 0 Å². The second-order valence-corrected chi connectivity index (χ2v) is 6.47. The van der Waals surface area contributed by atoms with Gasteiger partial charge in [0.2, 0.25) is 0 Å². The third-order valence-corrected chi connectivity index (χ3v) is 4.66. The van der Waals surface area contributed by atoms with Gasteiger partial charge >= 0.3 is 0 Å². The van der Waals surface area contributed by atoms with Crippen LogP contribution in [0.5, 0.6) is 0 Å². The van der Waals surface area contributed by atoms with E-state index < -0.39 is 0 Å². The highest BCUT2D eigenvalue weighted by molar-refractivity contribution is 7.99. The number of hydrogen-bond acceptors (Lipinski definition) is 3. The third kappa shape index (κ3) is 5.37. The van der Waals surface area contributed by atoms with Crippen molar-refractivity contribution >= 4 is 23.1 Å². The van der Waals surface area contributed by atoms with E-state index in [1.165, 1.54) is 29.2 Å². The minimum atomic E-state index is 0.620. The molecule has 1 N–H and O–H groups in total. The largest absolute Gasteiger partial charge is 0.310 e. The zero-order valence-corrected chi connectivity index (χ0v) is 12.2. The van der Waals surface area contributed by atoms with E-state index in [0.29, 0.717) is 12.1 Å². The van der Waals surface area contributed by atoms with E-state index >= 15 is 0 Å². The van der Waals surface area contributed by atoms with Gasteiger partial charge in [-0.15, -0.1) is 11.3 Å². The Hall–Kier alpha value is 0.01000. The molecule has 0 fully saturated rings. The van der Waals surface area contributed by atoms with Gasteiger partial charge in [0, 0.05) is 22.7 Å². The predicted molar refractivity (Wildman–Crippen MR) is 77.7 cm³/mol. The van der Waals surface area contributed by atoms with Crippen LogP contribution in [0.2, 0.25) is 0 Å². The van der Waals surface area contributed by atoms with Crippen LogP contribution in [-0.4, -0.2) is 23.6 Å². The molecule has 2 unspecified atom stereocenters. The van der Waals surface area contributed by atoms with Gasteiger partial charge in [-0.2, -0.15) is 11.8 Å². The quantitative estimate of drug-likeness (QED) is 0.760. The molecule has 92 valence electrons. The lowest BCUT2D eigenvalue weighted by Gasteiger charge is -2.21. The van der Waals surface area contributed by atoms with E-state index in [0.717, 1.165) is 0 Å². The molecule has 0 aliphatic carbocycles. The van der Waals surface area contributed by atoms with Gasteiger partial charge in [-0.1, -0.05) is 19.9 Å². The summed E-state index contributed by atoms with van der Waals surface area (Å²) in [6.07, 6.45) is 2.38. The maximum atomic E-state index is 3.73.